The molecule has 3 N–H and O–H groups in total. The molecule has 0 aliphatic heterocycles. The zero-order valence-corrected chi connectivity index (χ0v) is 17.6. The van der Waals surface area contributed by atoms with Crippen LogP contribution in [0.5, 0.6) is 0 Å². The molecule has 1 aliphatic rings. The van der Waals surface area contributed by atoms with E-state index < -0.39 is 10.0 Å². The predicted molar refractivity (Wildman–Crippen MR) is 115 cm³/mol. The summed E-state index contributed by atoms with van der Waals surface area (Å²) in [5.74, 6) is 0.510. The molecule has 1 fully saturated rings. The van der Waals surface area contributed by atoms with Gasteiger partial charge in [-0.3, -0.25) is 9.52 Å². The van der Waals surface area contributed by atoms with Crippen molar-refractivity contribution in [1.82, 2.24) is 5.32 Å². The smallest absolute Gasteiger partial charge is 0.262 e. The van der Waals surface area contributed by atoms with E-state index in [1.54, 1.807) is 37.3 Å². The largest absolute Gasteiger partial charge is 0.325 e. The summed E-state index contributed by atoms with van der Waals surface area (Å²) < 4.78 is 28.2. The molecule has 1 amide bonds. The van der Waals surface area contributed by atoms with Gasteiger partial charge in [0, 0.05) is 11.4 Å². The van der Waals surface area contributed by atoms with Crippen LogP contribution in [0.1, 0.15) is 24.0 Å². The van der Waals surface area contributed by atoms with E-state index in [2.05, 4.69) is 15.4 Å². The van der Waals surface area contributed by atoms with Crippen molar-refractivity contribution >= 4 is 39.7 Å². The molecular formula is C20H26ClN3O3S. The molecule has 2 aromatic carbocycles. The fourth-order valence-electron chi connectivity index (χ4n) is 2.80. The number of carbonyl (C=O) groups is 1. The summed E-state index contributed by atoms with van der Waals surface area (Å²) >= 11 is 0. The number of carbonyl (C=O) groups excluding carboxylic acids is 1. The number of amides is 1. The van der Waals surface area contributed by atoms with Crippen LogP contribution in [0, 0.1) is 19.8 Å². The Balaban J connectivity index is 0.00000280. The van der Waals surface area contributed by atoms with Gasteiger partial charge >= 0.3 is 0 Å². The van der Waals surface area contributed by atoms with Gasteiger partial charge < -0.3 is 10.6 Å². The summed E-state index contributed by atoms with van der Waals surface area (Å²) in [5.41, 5.74) is 2.54. The third-order valence-corrected chi connectivity index (χ3v) is 5.97. The molecule has 28 heavy (non-hydrogen) atoms. The number of rotatable bonds is 8. The molecular weight excluding hydrogens is 398 g/mol. The molecule has 0 spiro atoms. The molecule has 0 aromatic heterocycles. The molecule has 0 heterocycles. The fraction of sp³-hybridized carbons (Fsp3) is 0.350. The minimum atomic E-state index is -3.76. The molecule has 8 heteroatoms. The van der Waals surface area contributed by atoms with Gasteiger partial charge in [-0.2, -0.15) is 0 Å². The number of benzene rings is 2. The van der Waals surface area contributed by atoms with Gasteiger partial charge in [-0.25, -0.2) is 8.42 Å². The van der Waals surface area contributed by atoms with E-state index in [1.807, 2.05) is 13.0 Å². The quantitative estimate of drug-likeness (QED) is 0.606. The van der Waals surface area contributed by atoms with Gasteiger partial charge in [-0.1, -0.05) is 18.2 Å². The molecule has 6 nitrogen and oxygen atoms in total. The second-order valence-electron chi connectivity index (χ2n) is 7.08. The highest BCUT2D eigenvalue weighted by Gasteiger charge is 2.21. The molecule has 0 atom stereocenters. The van der Waals surface area contributed by atoms with Crippen LogP contribution in [0.25, 0.3) is 0 Å². The minimum Gasteiger partial charge on any atom is -0.325 e. The zero-order valence-electron chi connectivity index (χ0n) is 16.0. The van der Waals surface area contributed by atoms with Gasteiger partial charge in [-0.15, -0.1) is 12.4 Å². The maximum atomic E-state index is 12.8. The monoisotopic (exact) mass is 423 g/mol. The molecule has 0 bridgehead atoms. The van der Waals surface area contributed by atoms with Gasteiger partial charge in [0.1, 0.15) is 0 Å². The zero-order chi connectivity index (χ0) is 19.4. The average Bonchev–Trinajstić information content (AvgIpc) is 3.40. The summed E-state index contributed by atoms with van der Waals surface area (Å²) in [7, 11) is -3.76. The van der Waals surface area contributed by atoms with Gasteiger partial charge in [0.05, 0.1) is 11.4 Å². The van der Waals surface area contributed by atoms with Crippen molar-refractivity contribution in [1.29, 1.82) is 0 Å². The average molecular weight is 424 g/mol. The number of nitrogens with one attached hydrogen (secondary N) is 3. The molecule has 0 unspecified atom stereocenters. The predicted octanol–water partition coefficient (Wildman–Crippen LogP) is 3.46. The van der Waals surface area contributed by atoms with E-state index in [0.717, 1.165) is 12.1 Å². The van der Waals surface area contributed by atoms with Crippen LogP contribution < -0.4 is 15.4 Å². The van der Waals surface area contributed by atoms with Gasteiger partial charge in [0.2, 0.25) is 5.91 Å². The highest BCUT2D eigenvalue weighted by atomic mass is 35.5. The van der Waals surface area contributed by atoms with Crippen LogP contribution >= 0.6 is 12.4 Å². The van der Waals surface area contributed by atoms with Crippen molar-refractivity contribution in [3.8, 4) is 0 Å². The first-order chi connectivity index (χ1) is 12.8. The summed E-state index contributed by atoms with van der Waals surface area (Å²) in [6.07, 6.45) is 2.45. The van der Waals surface area contributed by atoms with Crippen LogP contribution in [-0.4, -0.2) is 27.4 Å². The lowest BCUT2D eigenvalue weighted by atomic mass is 10.2. The number of halogens is 1. The van der Waals surface area contributed by atoms with E-state index in [1.165, 1.54) is 18.9 Å². The Morgan fingerprint density at radius 2 is 1.82 bits per heavy atom. The summed E-state index contributed by atoms with van der Waals surface area (Å²) in [4.78, 5) is 12.2. The highest BCUT2D eigenvalue weighted by Crippen LogP contribution is 2.27. The minimum absolute atomic E-state index is 0. The number of sulfonamides is 1. The van der Waals surface area contributed by atoms with Crippen LogP contribution in [0.3, 0.4) is 0 Å². The number of hydrogen-bond acceptors (Lipinski definition) is 4. The van der Waals surface area contributed by atoms with Crippen molar-refractivity contribution in [2.75, 3.05) is 23.1 Å². The Bertz CT molecular complexity index is 943. The second kappa shape index (κ2) is 9.41. The van der Waals surface area contributed by atoms with E-state index in [0.29, 0.717) is 22.9 Å². The van der Waals surface area contributed by atoms with E-state index in [-0.39, 0.29) is 29.8 Å². The van der Waals surface area contributed by atoms with E-state index in [4.69, 9.17) is 0 Å². The van der Waals surface area contributed by atoms with Crippen molar-refractivity contribution in [3.05, 3.63) is 53.6 Å². The lowest BCUT2D eigenvalue weighted by Crippen LogP contribution is -2.29. The fourth-order valence-corrected chi connectivity index (χ4v) is 4.12. The Morgan fingerprint density at radius 3 is 2.50 bits per heavy atom. The van der Waals surface area contributed by atoms with Crippen molar-refractivity contribution in [2.24, 2.45) is 5.92 Å². The number of aryl methyl sites for hydroxylation is 2. The van der Waals surface area contributed by atoms with Crippen LogP contribution in [-0.2, 0) is 14.8 Å². The van der Waals surface area contributed by atoms with Gasteiger partial charge in [0.25, 0.3) is 10.0 Å². The third kappa shape index (κ3) is 6.22. The van der Waals surface area contributed by atoms with Crippen molar-refractivity contribution in [2.45, 2.75) is 31.6 Å². The van der Waals surface area contributed by atoms with Gasteiger partial charge in [0.15, 0.2) is 0 Å². The number of anilines is 2. The number of hydrogen-bond donors (Lipinski definition) is 3. The Morgan fingerprint density at radius 1 is 1.07 bits per heavy atom. The molecule has 1 saturated carbocycles. The first-order valence-electron chi connectivity index (χ1n) is 9.04. The SMILES string of the molecule is Cc1cccc(NS(=O)(=O)c2cc(NC(=O)CNCC3CC3)ccc2C)c1.Cl. The molecule has 0 saturated heterocycles. The van der Waals surface area contributed by atoms with E-state index >= 15 is 0 Å². The summed E-state index contributed by atoms with van der Waals surface area (Å²) in [6, 6.07) is 12.1. The maximum Gasteiger partial charge on any atom is 0.262 e. The first-order valence-corrected chi connectivity index (χ1v) is 10.5. The first kappa shape index (κ1) is 22.2. The Labute approximate surface area is 172 Å². The molecule has 2 aromatic rings. The van der Waals surface area contributed by atoms with E-state index in [9.17, 15) is 13.2 Å². The summed E-state index contributed by atoms with van der Waals surface area (Å²) in [6.45, 7) is 4.69. The molecule has 1 aliphatic carbocycles. The Kier molecular flexibility index (Phi) is 7.46. The normalized spacial score (nSPS) is 13.5. The Hall–Kier alpha value is -2.09. The van der Waals surface area contributed by atoms with Crippen LogP contribution in [0.15, 0.2) is 47.4 Å². The lowest BCUT2D eigenvalue weighted by molar-refractivity contribution is -0.115. The summed E-state index contributed by atoms with van der Waals surface area (Å²) in [5, 5.41) is 5.87. The molecule has 152 valence electrons. The van der Waals surface area contributed by atoms with Gasteiger partial charge in [-0.05, 0) is 74.5 Å². The van der Waals surface area contributed by atoms with Crippen LogP contribution in [0.2, 0.25) is 0 Å². The van der Waals surface area contributed by atoms with Crippen LogP contribution in [0.4, 0.5) is 11.4 Å². The van der Waals surface area contributed by atoms with Crippen molar-refractivity contribution in [3.63, 3.8) is 0 Å². The molecule has 0 radical (unpaired) electrons. The van der Waals surface area contributed by atoms with Crippen molar-refractivity contribution < 1.29 is 13.2 Å². The standard InChI is InChI=1S/C20H25N3O3S.ClH/c1-14-4-3-5-18(10-14)23-27(25,26)19-11-17(9-6-15(19)2)22-20(24)13-21-12-16-7-8-16;/h3-6,9-11,16,21,23H,7-8,12-13H2,1-2H3,(H,22,24);1H. The lowest BCUT2D eigenvalue weighted by Gasteiger charge is -2.13. The molecule has 3 rings (SSSR count). The highest BCUT2D eigenvalue weighted by molar-refractivity contribution is 7.92. The topological polar surface area (TPSA) is 87.3 Å². The second-order valence-corrected chi connectivity index (χ2v) is 8.73. The maximum absolute atomic E-state index is 12.8. The third-order valence-electron chi connectivity index (χ3n) is 4.45.